The molecule has 1 unspecified atom stereocenters. The van der Waals surface area contributed by atoms with Crippen LogP contribution in [0, 0.1) is 11.8 Å². The van der Waals surface area contributed by atoms with Crippen LogP contribution in [0.5, 0.6) is 5.75 Å². The van der Waals surface area contributed by atoms with Gasteiger partial charge in [0.15, 0.2) is 8.32 Å². The molecule has 1 aliphatic carbocycles. The van der Waals surface area contributed by atoms with Crippen LogP contribution in [0.15, 0.2) is 60.9 Å². The average Bonchev–Trinajstić information content (AvgIpc) is 3.49. The van der Waals surface area contributed by atoms with Gasteiger partial charge in [0.05, 0.1) is 18.2 Å². The number of tetrazole rings is 1. The van der Waals surface area contributed by atoms with Crippen LogP contribution in [-0.2, 0) is 10.8 Å². The van der Waals surface area contributed by atoms with E-state index in [1.165, 1.54) is 0 Å². The van der Waals surface area contributed by atoms with Crippen LogP contribution in [0.3, 0.4) is 0 Å². The zero-order valence-electron chi connectivity index (χ0n) is 26.7. The predicted molar refractivity (Wildman–Crippen MR) is 171 cm³/mol. The van der Waals surface area contributed by atoms with Crippen LogP contribution in [0.25, 0.3) is 0 Å². The summed E-state index contributed by atoms with van der Waals surface area (Å²) in [6.45, 7) is 12.7. The highest BCUT2D eigenvalue weighted by Crippen LogP contribution is 2.54. The van der Waals surface area contributed by atoms with E-state index in [4.69, 9.17) is 9.16 Å². The summed E-state index contributed by atoms with van der Waals surface area (Å²) in [6, 6.07) is 17.1. The number of likely N-dealkylation sites (tertiary alicyclic amines) is 2. The molecular formula is C33H44N6O5Si. The van der Waals surface area contributed by atoms with E-state index >= 15 is 0 Å². The zero-order chi connectivity index (χ0) is 31.9. The third-order valence-electron chi connectivity index (χ3n) is 10.4. The number of nitrogens with zero attached hydrogens (tertiary/aromatic N) is 6. The molecule has 12 heteroatoms. The molecule has 1 saturated carbocycles. The van der Waals surface area contributed by atoms with Crippen molar-refractivity contribution in [3.63, 3.8) is 0 Å². The Morgan fingerprint density at radius 2 is 1.71 bits per heavy atom. The summed E-state index contributed by atoms with van der Waals surface area (Å²) in [6.07, 6.45) is 2.33. The van der Waals surface area contributed by atoms with Crippen molar-refractivity contribution in [1.82, 2.24) is 30.0 Å². The quantitative estimate of drug-likeness (QED) is 0.305. The molecule has 11 nitrogen and oxygen atoms in total. The van der Waals surface area contributed by atoms with E-state index in [-0.39, 0.29) is 41.8 Å². The molecule has 1 N–H and O–H groups in total. The number of hydrogen-bond donors (Lipinski definition) is 1. The number of ether oxygens (including phenoxy) is 1. The summed E-state index contributed by atoms with van der Waals surface area (Å²) in [7, 11) is -2.23. The molecule has 6 atom stereocenters. The monoisotopic (exact) mass is 632 g/mol. The van der Waals surface area contributed by atoms with Crippen molar-refractivity contribution >= 4 is 20.3 Å². The van der Waals surface area contributed by atoms with Gasteiger partial charge in [0.1, 0.15) is 18.7 Å². The summed E-state index contributed by atoms with van der Waals surface area (Å²) in [4.78, 5) is 29.5. The van der Waals surface area contributed by atoms with Gasteiger partial charge in [-0.05, 0) is 77.7 Å². The Morgan fingerprint density at radius 3 is 2.31 bits per heavy atom. The summed E-state index contributed by atoms with van der Waals surface area (Å²) < 4.78 is 14.8. The van der Waals surface area contributed by atoms with E-state index < -0.39 is 14.4 Å². The molecule has 3 aromatic rings. The zero-order valence-corrected chi connectivity index (χ0v) is 27.7. The van der Waals surface area contributed by atoms with Crippen molar-refractivity contribution in [3.05, 3.63) is 72.1 Å². The van der Waals surface area contributed by atoms with Crippen LogP contribution in [0.2, 0.25) is 18.1 Å². The first-order chi connectivity index (χ1) is 21.4. The lowest BCUT2D eigenvalue weighted by Crippen LogP contribution is -2.54. The summed E-state index contributed by atoms with van der Waals surface area (Å²) in [5.41, 5.74) is 1.66. The van der Waals surface area contributed by atoms with E-state index in [1.807, 2.05) is 59.5 Å². The third-order valence-corrected chi connectivity index (χ3v) is 14.9. The van der Waals surface area contributed by atoms with Crippen molar-refractivity contribution in [2.24, 2.45) is 11.8 Å². The number of rotatable bonds is 10. The van der Waals surface area contributed by atoms with E-state index in [2.05, 4.69) is 49.4 Å². The molecule has 240 valence electrons. The van der Waals surface area contributed by atoms with Gasteiger partial charge in [0.2, 0.25) is 0 Å². The van der Waals surface area contributed by atoms with Crippen LogP contribution in [0.4, 0.5) is 4.79 Å². The number of para-hydroxylation sites is 1. The first-order valence-corrected chi connectivity index (χ1v) is 18.8. The molecule has 45 heavy (non-hydrogen) atoms. The molecule has 3 aliphatic rings. The van der Waals surface area contributed by atoms with E-state index in [1.54, 1.807) is 15.9 Å². The maximum absolute atomic E-state index is 13.2. The van der Waals surface area contributed by atoms with Gasteiger partial charge in [-0.3, -0.25) is 9.69 Å². The van der Waals surface area contributed by atoms with Crippen LogP contribution in [0.1, 0.15) is 55.6 Å². The summed E-state index contributed by atoms with van der Waals surface area (Å²) in [5.74, 6) is 1.57. The topological polar surface area (TPSA) is 123 Å². The fraction of sp³-hybridized carbons (Fsp3) is 0.545. The molecule has 1 aromatic heterocycles. The largest absolute Gasteiger partial charge is 0.491 e. The van der Waals surface area contributed by atoms with Crippen molar-refractivity contribution in [3.8, 4) is 5.75 Å². The van der Waals surface area contributed by atoms with Gasteiger partial charge in [-0.2, -0.15) is 0 Å². The molecule has 2 amide bonds. The number of carboxylic acid groups (broad SMARTS) is 1. The predicted octanol–water partition coefficient (Wildman–Crippen LogP) is 5.14. The molecule has 0 spiro atoms. The maximum atomic E-state index is 13.2. The number of carbonyl (C=O) groups excluding carboxylic acids is 1. The molecule has 2 saturated heterocycles. The lowest BCUT2D eigenvalue weighted by atomic mass is 10.0. The summed E-state index contributed by atoms with van der Waals surface area (Å²) >= 11 is 0. The molecule has 3 heterocycles. The number of amides is 2. The normalized spacial score (nSPS) is 25.2. The molecule has 2 aromatic carbocycles. The van der Waals surface area contributed by atoms with Crippen molar-refractivity contribution in [1.29, 1.82) is 0 Å². The number of benzene rings is 2. The second-order valence-corrected chi connectivity index (χ2v) is 19.0. The van der Waals surface area contributed by atoms with Gasteiger partial charge in [-0.15, -0.1) is 5.10 Å². The molecule has 3 fully saturated rings. The minimum Gasteiger partial charge on any atom is -0.491 e. The number of fused-ring (bicyclic) bond motifs is 1. The van der Waals surface area contributed by atoms with Gasteiger partial charge in [0, 0.05) is 36.5 Å². The number of hydrogen-bond acceptors (Lipinski definition) is 7. The maximum Gasteiger partial charge on any atom is 0.407 e. The van der Waals surface area contributed by atoms with Crippen LogP contribution >= 0.6 is 0 Å². The Labute approximate surface area is 265 Å². The average molecular weight is 633 g/mol. The fourth-order valence-corrected chi connectivity index (χ4v) is 8.18. The number of piperidine rings is 1. The highest BCUT2D eigenvalue weighted by molar-refractivity contribution is 6.74. The van der Waals surface area contributed by atoms with E-state index in [9.17, 15) is 14.7 Å². The molecule has 2 aliphatic heterocycles. The van der Waals surface area contributed by atoms with Crippen LogP contribution in [-0.4, -0.2) is 93.3 Å². The molecule has 6 rings (SSSR count). The smallest absolute Gasteiger partial charge is 0.407 e. The van der Waals surface area contributed by atoms with Gasteiger partial charge in [0.25, 0.3) is 5.91 Å². The fourth-order valence-electron chi connectivity index (χ4n) is 6.85. The van der Waals surface area contributed by atoms with Crippen molar-refractivity contribution in [2.45, 2.75) is 82.4 Å². The Kier molecular flexibility index (Phi) is 8.46. The summed E-state index contributed by atoms with van der Waals surface area (Å²) in [5, 5.41) is 21.9. The SMILES string of the molecule is CC(C)(C)[Si](C)(C)O[C@H](COc1ccccc1)[C@H]1CC[C@@H](Cc2ccc(C(=O)N3C[C@@H]4C(n5cnnn5)[C@@H]4C3)cc2)N1C(=O)O. The van der Waals surface area contributed by atoms with Gasteiger partial charge in [-0.25, -0.2) is 9.48 Å². The second kappa shape index (κ2) is 12.2. The van der Waals surface area contributed by atoms with Gasteiger partial charge >= 0.3 is 6.09 Å². The van der Waals surface area contributed by atoms with Gasteiger partial charge < -0.3 is 19.2 Å². The third kappa shape index (κ3) is 6.48. The minimum atomic E-state index is -2.23. The van der Waals surface area contributed by atoms with E-state index in [0.717, 1.165) is 17.7 Å². The standard InChI is InChI=1S/C33H44N6O5Si/c1-33(2,3)45(4,5)44-29(20-43-25-9-7-6-8-10-25)28-16-15-24(39(28)32(41)42)17-22-11-13-23(14-12-22)31(40)37-18-26-27(19-37)30(26)38-21-34-35-36-38/h6-14,21,24,26-30H,15-20H2,1-5H3,(H,41,42)/t24-,26-,27+,28+,29+,30?/m0/s1. The Morgan fingerprint density at radius 1 is 1.02 bits per heavy atom. The van der Waals surface area contributed by atoms with E-state index in [0.29, 0.717) is 43.3 Å². The lowest BCUT2D eigenvalue weighted by molar-refractivity contribution is 0.0341. The Balaban J connectivity index is 1.11. The molecular weight excluding hydrogens is 588 g/mol. The lowest BCUT2D eigenvalue weighted by Gasteiger charge is -2.42. The molecule has 0 radical (unpaired) electrons. The Bertz CT molecular complexity index is 1470. The van der Waals surface area contributed by atoms with Gasteiger partial charge in [-0.1, -0.05) is 51.1 Å². The highest BCUT2D eigenvalue weighted by Gasteiger charge is 2.58. The second-order valence-electron chi connectivity index (χ2n) is 14.2. The highest BCUT2D eigenvalue weighted by atomic mass is 28.4. The number of aromatic nitrogens is 4. The minimum absolute atomic E-state index is 0.0290. The van der Waals surface area contributed by atoms with Crippen LogP contribution < -0.4 is 4.74 Å². The Hall–Kier alpha value is -3.77. The number of carbonyl (C=O) groups is 2. The van der Waals surface area contributed by atoms with Crippen molar-refractivity contribution < 1.29 is 23.9 Å². The van der Waals surface area contributed by atoms with Crippen molar-refractivity contribution in [2.75, 3.05) is 19.7 Å². The first kappa shape index (κ1) is 31.2. The molecule has 0 bridgehead atoms. The first-order valence-electron chi connectivity index (χ1n) is 15.9.